The Morgan fingerprint density at radius 2 is 1.86 bits per heavy atom. The lowest BCUT2D eigenvalue weighted by Crippen LogP contribution is -2.23. The molecule has 0 radical (unpaired) electrons. The summed E-state index contributed by atoms with van der Waals surface area (Å²) in [5.41, 5.74) is 3.81. The van der Waals surface area contributed by atoms with Gasteiger partial charge in [-0.1, -0.05) is 42.0 Å². The summed E-state index contributed by atoms with van der Waals surface area (Å²) in [4.78, 5) is 12.6. The summed E-state index contributed by atoms with van der Waals surface area (Å²) in [7, 11) is 1.60. The molecule has 0 atom stereocenters. The molecule has 0 spiro atoms. The number of nitrogens with zero attached hydrogens (tertiary/aromatic N) is 1. The van der Waals surface area contributed by atoms with Crippen molar-refractivity contribution in [1.29, 1.82) is 5.26 Å². The van der Waals surface area contributed by atoms with Gasteiger partial charge < -0.3 is 19.5 Å². The Hall–Kier alpha value is -3.51. The van der Waals surface area contributed by atoms with Crippen LogP contribution in [0.15, 0.2) is 66.2 Å². The molecule has 0 aliphatic carbocycles. The number of nitriles is 1. The van der Waals surface area contributed by atoms with Crippen molar-refractivity contribution in [3.8, 4) is 23.3 Å². The Bertz CT molecular complexity index is 1250. The van der Waals surface area contributed by atoms with Crippen LogP contribution in [0.2, 0.25) is 0 Å². The first-order valence-corrected chi connectivity index (χ1v) is 12.2. The first kappa shape index (κ1) is 26.1. The highest BCUT2D eigenvalue weighted by Crippen LogP contribution is 2.35. The van der Waals surface area contributed by atoms with Gasteiger partial charge >= 0.3 is 0 Å². The molecule has 0 bridgehead atoms. The number of hydrogen-bond acceptors (Lipinski definition) is 5. The summed E-state index contributed by atoms with van der Waals surface area (Å²) in [6.07, 6.45) is 1.55. The summed E-state index contributed by atoms with van der Waals surface area (Å²) in [5, 5.41) is 12.4. The lowest BCUT2D eigenvalue weighted by molar-refractivity contribution is -0.117. The van der Waals surface area contributed by atoms with Gasteiger partial charge in [0.05, 0.1) is 17.3 Å². The fourth-order valence-corrected chi connectivity index (χ4v) is 4.15. The van der Waals surface area contributed by atoms with Crippen molar-refractivity contribution in [3.05, 3.63) is 92.1 Å². The molecule has 3 rings (SSSR count). The smallest absolute Gasteiger partial charge is 0.262 e. The van der Waals surface area contributed by atoms with E-state index in [1.807, 2.05) is 68.4 Å². The van der Waals surface area contributed by atoms with Crippen LogP contribution in [0.5, 0.6) is 17.2 Å². The minimum Gasteiger partial charge on any atom is -0.497 e. The summed E-state index contributed by atoms with van der Waals surface area (Å²) in [6.45, 7) is 5.10. The van der Waals surface area contributed by atoms with E-state index in [9.17, 15) is 10.1 Å². The molecule has 3 aromatic rings. The molecule has 0 aliphatic heterocycles. The Labute approximate surface area is 219 Å². The predicted octanol–water partition coefficient (Wildman–Crippen LogP) is 5.81. The highest BCUT2D eigenvalue weighted by Gasteiger charge is 2.14. The standard InChI is InChI=1S/C28H27IN2O4/c1-4-34-26-15-22(14-25(29)27(26)35-18-21-7-5-6-19(2)12-21)13-23(16-30)28(32)31-17-20-8-10-24(33-3)11-9-20/h5-15H,4,17-18H2,1-3H3,(H,31,32)/b23-13-. The summed E-state index contributed by atoms with van der Waals surface area (Å²) in [6, 6.07) is 21.1. The maximum Gasteiger partial charge on any atom is 0.262 e. The Morgan fingerprint density at radius 1 is 1.09 bits per heavy atom. The van der Waals surface area contributed by atoms with E-state index >= 15 is 0 Å². The number of rotatable bonds is 10. The van der Waals surface area contributed by atoms with Gasteiger partial charge in [-0.15, -0.1) is 0 Å². The molecule has 0 saturated carbocycles. The molecule has 1 N–H and O–H groups in total. The molecule has 0 unspecified atom stereocenters. The van der Waals surface area contributed by atoms with Crippen LogP contribution in [0, 0.1) is 21.8 Å². The average molecular weight is 582 g/mol. The zero-order valence-electron chi connectivity index (χ0n) is 19.9. The fraction of sp³-hybridized carbons (Fsp3) is 0.214. The van der Waals surface area contributed by atoms with E-state index < -0.39 is 5.91 Å². The van der Waals surface area contributed by atoms with Crippen LogP contribution in [0.1, 0.15) is 29.2 Å². The number of halogens is 1. The summed E-state index contributed by atoms with van der Waals surface area (Å²) in [5.74, 6) is 1.49. The van der Waals surface area contributed by atoms with Crippen molar-refractivity contribution in [1.82, 2.24) is 5.32 Å². The average Bonchev–Trinajstić information content (AvgIpc) is 2.86. The van der Waals surface area contributed by atoms with Crippen molar-refractivity contribution < 1.29 is 19.0 Å². The quantitative estimate of drug-likeness (QED) is 0.186. The fourth-order valence-electron chi connectivity index (χ4n) is 3.37. The largest absolute Gasteiger partial charge is 0.497 e. The number of amides is 1. The van der Waals surface area contributed by atoms with Crippen LogP contribution in [-0.2, 0) is 17.9 Å². The van der Waals surface area contributed by atoms with Gasteiger partial charge in [-0.05, 0) is 83.5 Å². The number of nitrogens with one attached hydrogen (secondary N) is 1. The lowest BCUT2D eigenvalue weighted by Gasteiger charge is -2.15. The van der Waals surface area contributed by atoms with Gasteiger partial charge in [0.1, 0.15) is 24.0 Å². The molecule has 1 amide bonds. The third-order valence-corrected chi connectivity index (χ3v) is 5.89. The molecule has 35 heavy (non-hydrogen) atoms. The molecule has 180 valence electrons. The molecule has 0 fully saturated rings. The third-order valence-electron chi connectivity index (χ3n) is 5.09. The highest BCUT2D eigenvalue weighted by molar-refractivity contribution is 14.1. The van der Waals surface area contributed by atoms with Crippen molar-refractivity contribution >= 4 is 34.6 Å². The second-order valence-electron chi connectivity index (χ2n) is 7.74. The van der Waals surface area contributed by atoms with Crippen molar-refractivity contribution in [3.63, 3.8) is 0 Å². The van der Waals surface area contributed by atoms with Crippen LogP contribution < -0.4 is 19.5 Å². The van der Waals surface area contributed by atoms with Crippen LogP contribution in [-0.4, -0.2) is 19.6 Å². The second-order valence-corrected chi connectivity index (χ2v) is 8.90. The maximum atomic E-state index is 12.6. The Kier molecular flexibility index (Phi) is 9.56. The topological polar surface area (TPSA) is 80.6 Å². The summed E-state index contributed by atoms with van der Waals surface area (Å²) >= 11 is 2.18. The molecule has 0 saturated heterocycles. The normalized spacial score (nSPS) is 10.9. The van der Waals surface area contributed by atoms with E-state index in [4.69, 9.17) is 14.2 Å². The second kappa shape index (κ2) is 12.8. The number of carbonyl (C=O) groups is 1. The Balaban J connectivity index is 1.76. The first-order valence-electron chi connectivity index (χ1n) is 11.1. The highest BCUT2D eigenvalue weighted by atomic mass is 127. The van der Waals surface area contributed by atoms with E-state index in [1.165, 1.54) is 5.56 Å². The van der Waals surface area contributed by atoms with E-state index in [2.05, 4.69) is 34.0 Å². The number of hydrogen-bond donors (Lipinski definition) is 1. The van der Waals surface area contributed by atoms with E-state index in [0.29, 0.717) is 36.8 Å². The zero-order valence-corrected chi connectivity index (χ0v) is 22.1. The molecule has 0 heterocycles. The van der Waals surface area contributed by atoms with Crippen LogP contribution in [0.25, 0.3) is 6.08 Å². The minimum absolute atomic E-state index is 0.00480. The van der Waals surface area contributed by atoms with E-state index in [-0.39, 0.29) is 5.57 Å². The molecule has 3 aromatic carbocycles. The number of carbonyl (C=O) groups excluding carboxylic acids is 1. The van der Waals surface area contributed by atoms with Crippen LogP contribution >= 0.6 is 22.6 Å². The third kappa shape index (κ3) is 7.49. The molecular weight excluding hydrogens is 555 g/mol. The Morgan fingerprint density at radius 3 is 2.51 bits per heavy atom. The van der Waals surface area contributed by atoms with Crippen molar-refractivity contribution in [2.45, 2.75) is 27.0 Å². The molecule has 0 aromatic heterocycles. The maximum absolute atomic E-state index is 12.6. The van der Waals surface area contributed by atoms with Gasteiger partial charge in [-0.25, -0.2) is 0 Å². The molecule has 6 nitrogen and oxygen atoms in total. The van der Waals surface area contributed by atoms with Crippen LogP contribution in [0.4, 0.5) is 0 Å². The van der Waals surface area contributed by atoms with Crippen LogP contribution in [0.3, 0.4) is 0 Å². The zero-order chi connectivity index (χ0) is 25.2. The van der Waals surface area contributed by atoms with Gasteiger partial charge in [0, 0.05) is 6.54 Å². The van der Waals surface area contributed by atoms with E-state index in [1.54, 1.807) is 19.3 Å². The van der Waals surface area contributed by atoms with Gasteiger partial charge in [-0.2, -0.15) is 5.26 Å². The lowest BCUT2D eigenvalue weighted by atomic mass is 10.1. The molecule has 0 aliphatic rings. The SMILES string of the molecule is CCOc1cc(/C=C(/C#N)C(=O)NCc2ccc(OC)cc2)cc(I)c1OCc1cccc(C)c1. The van der Waals surface area contributed by atoms with E-state index in [0.717, 1.165) is 20.4 Å². The van der Waals surface area contributed by atoms with Gasteiger partial charge in [0.25, 0.3) is 5.91 Å². The van der Waals surface area contributed by atoms with Gasteiger partial charge in [-0.3, -0.25) is 4.79 Å². The number of methoxy groups -OCH3 is 1. The minimum atomic E-state index is -0.448. The number of aryl methyl sites for hydroxylation is 1. The first-order chi connectivity index (χ1) is 16.9. The predicted molar refractivity (Wildman–Crippen MR) is 144 cm³/mol. The van der Waals surface area contributed by atoms with Crippen molar-refractivity contribution in [2.75, 3.05) is 13.7 Å². The van der Waals surface area contributed by atoms with Crippen molar-refractivity contribution in [2.24, 2.45) is 0 Å². The molecule has 7 heteroatoms. The van der Waals surface area contributed by atoms with Gasteiger partial charge in [0.15, 0.2) is 11.5 Å². The summed E-state index contributed by atoms with van der Waals surface area (Å²) < 4.78 is 17.9. The van der Waals surface area contributed by atoms with Gasteiger partial charge in [0.2, 0.25) is 0 Å². The monoisotopic (exact) mass is 582 g/mol. The molecular formula is C28H27IN2O4. The number of ether oxygens (including phenoxy) is 3. The number of benzene rings is 3.